The molecule has 6 nitrogen and oxygen atoms in total. The maximum absolute atomic E-state index is 11.7. The summed E-state index contributed by atoms with van der Waals surface area (Å²) in [5, 5.41) is 11.6. The molecule has 0 aliphatic carbocycles. The average Bonchev–Trinajstić information content (AvgIpc) is 2.62. The number of primary amides is 1. The number of aliphatic hydroxyl groups is 1. The second kappa shape index (κ2) is 8.63. The molecular formula is C19H20N2O4. The second-order valence-corrected chi connectivity index (χ2v) is 5.38. The lowest BCUT2D eigenvalue weighted by atomic mass is 10.0. The molecule has 0 aromatic heterocycles. The number of hydrogen-bond donors (Lipinski definition) is 2. The van der Waals surface area contributed by atoms with Crippen LogP contribution in [0.3, 0.4) is 0 Å². The molecule has 0 unspecified atom stereocenters. The normalized spacial score (nSPS) is 13.5. The summed E-state index contributed by atoms with van der Waals surface area (Å²) in [4.78, 5) is 26.5. The largest absolute Gasteiger partial charge is 0.502 e. The van der Waals surface area contributed by atoms with Gasteiger partial charge < -0.3 is 15.6 Å². The summed E-state index contributed by atoms with van der Waals surface area (Å²) in [6.45, 7) is 1.94. The molecular weight excluding hydrogens is 320 g/mol. The molecule has 0 fully saturated rings. The van der Waals surface area contributed by atoms with Gasteiger partial charge in [0.05, 0.1) is 12.8 Å². The highest BCUT2D eigenvalue weighted by atomic mass is 16.5. The van der Waals surface area contributed by atoms with Gasteiger partial charge in [0.15, 0.2) is 17.8 Å². The number of fused-ring (bicyclic) bond motifs is 1. The van der Waals surface area contributed by atoms with Crippen molar-refractivity contribution in [3.05, 3.63) is 59.5 Å². The highest BCUT2D eigenvalue weighted by Crippen LogP contribution is 2.17. The van der Waals surface area contributed by atoms with E-state index in [1.54, 1.807) is 6.92 Å². The van der Waals surface area contributed by atoms with Crippen molar-refractivity contribution in [2.45, 2.75) is 19.4 Å². The Morgan fingerprint density at radius 1 is 1.28 bits per heavy atom. The van der Waals surface area contributed by atoms with Gasteiger partial charge in [-0.15, -0.1) is 0 Å². The van der Waals surface area contributed by atoms with E-state index in [0.29, 0.717) is 6.42 Å². The Labute approximate surface area is 145 Å². The lowest BCUT2D eigenvalue weighted by Gasteiger charge is -2.10. The zero-order chi connectivity index (χ0) is 18.2. The van der Waals surface area contributed by atoms with E-state index in [2.05, 4.69) is 4.99 Å². The van der Waals surface area contributed by atoms with Crippen LogP contribution in [0, 0.1) is 0 Å². The molecule has 1 atom stereocenters. The molecule has 0 bridgehead atoms. The molecule has 0 aliphatic heterocycles. The third-order valence-corrected chi connectivity index (χ3v) is 3.61. The van der Waals surface area contributed by atoms with E-state index < -0.39 is 17.7 Å². The van der Waals surface area contributed by atoms with Crippen LogP contribution in [0.1, 0.15) is 12.5 Å². The first-order valence-electron chi connectivity index (χ1n) is 7.86. The standard InChI is InChI=1S/C19H20N2O4/c1-2-25-18(17(23)12-22)11-21-16(19(20)24)10-13-7-8-14-5-3-4-6-15(14)9-13/h3-9,11-12,16,23H,2,10H2,1H3,(H2,20,24)/b18-17+,21-11?/t16-/m0/s1. The van der Waals surface area contributed by atoms with Crippen molar-refractivity contribution in [2.24, 2.45) is 10.7 Å². The molecule has 0 aliphatic rings. The number of carbonyl (C=O) groups excluding carboxylic acids is 2. The van der Waals surface area contributed by atoms with Gasteiger partial charge in [0.2, 0.25) is 5.91 Å². The van der Waals surface area contributed by atoms with E-state index in [0.717, 1.165) is 22.6 Å². The molecule has 0 spiro atoms. The number of amides is 1. The number of aliphatic imine (C=N–C) groups is 1. The fourth-order valence-corrected chi connectivity index (χ4v) is 2.36. The van der Waals surface area contributed by atoms with Crippen LogP contribution in [0.15, 0.2) is 59.0 Å². The monoisotopic (exact) mass is 340 g/mol. The van der Waals surface area contributed by atoms with Crippen LogP contribution in [-0.4, -0.2) is 36.2 Å². The molecule has 0 heterocycles. The van der Waals surface area contributed by atoms with Crippen LogP contribution in [0.4, 0.5) is 0 Å². The van der Waals surface area contributed by atoms with Gasteiger partial charge >= 0.3 is 0 Å². The van der Waals surface area contributed by atoms with Crippen molar-refractivity contribution < 1.29 is 19.4 Å². The molecule has 25 heavy (non-hydrogen) atoms. The summed E-state index contributed by atoms with van der Waals surface area (Å²) in [5.41, 5.74) is 6.33. The van der Waals surface area contributed by atoms with Crippen molar-refractivity contribution in [2.75, 3.05) is 6.61 Å². The number of carbonyl (C=O) groups is 2. The van der Waals surface area contributed by atoms with E-state index in [1.807, 2.05) is 42.5 Å². The number of aliphatic hydroxyl groups excluding tert-OH is 1. The molecule has 2 rings (SSSR count). The van der Waals surface area contributed by atoms with Crippen LogP contribution >= 0.6 is 0 Å². The number of nitrogens with zero attached hydrogens (tertiary/aromatic N) is 1. The number of rotatable bonds is 8. The molecule has 0 saturated heterocycles. The zero-order valence-corrected chi connectivity index (χ0v) is 13.9. The molecule has 2 aromatic rings. The lowest BCUT2D eigenvalue weighted by molar-refractivity contribution is -0.119. The number of nitrogens with two attached hydrogens (primary N) is 1. The third-order valence-electron chi connectivity index (χ3n) is 3.61. The van der Waals surface area contributed by atoms with Crippen molar-refractivity contribution in [3.8, 4) is 0 Å². The molecule has 6 heteroatoms. The van der Waals surface area contributed by atoms with Crippen molar-refractivity contribution in [1.82, 2.24) is 0 Å². The number of ether oxygens (including phenoxy) is 1. The van der Waals surface area contributed by atoms with Gasteiger partial charge in [-0.2, -0.15) is 0 Å². The van der Waals surface area contributed by atoms with E-state index in [9.17, 15) is 14.7 Å². The topological polar surface area (TPSA) is 102 Å². The van der Waals surface area contributed by atoms with Gasteiger partial charge in [0.25, 0.3) is 0 Å². The van der Waals surface area contributed by atoms with Crippen molar-refractivity contribution in [3.63, 3.8) is 0 Å². The zero-order valence-electron chi connectivity index (χ0n) is 13.9. The highest BCUT2D eigenvalue weighted by molar-refractivity contribution is 5.88. The van der Waals surface area contributed by atoms with Crippen LogP contribution < -0.4 is 5.73 Å². The highest BCUT2D eigenvalue weighted by Gasteiger charge is 2.15. The number of benzene rings is 2. The molecule has 2 aromatic carbocycles. The van der Waals surface area contributed by atoms with Gasteiger partial charge in [-0.05, 0) is 23.3 Å². The minimum absolute atomic E-state index is 0.0951. The number of aldehydes is 1. The Kier molecular flexibility index (Phi) is 6.28. The quantitative estimate of drug-likeness (QED) is 0.333. The Morgan fingerprint density at radius 2 is 2.00 bits per heavy atom. The van der Waals surface area contributed by atoms with E-state index >= 15 is 0 Å². The minimum Gasteiger partial charge on any atom is -0.502 e. The maximum Gasteiger partial charge on any atom is 0.242 e. The predicted octanol–water partition coefficient (Wildman–Crippen LogP) is 2.31. The van der Waals surface area contributed by atoms with Crippen LogP contribution in [-0.2, 0) is 20.7 Å². The summed E-state index contributed by atoms with van der Waals surface area (Å²) in [6.07, 6.45) is 1.71. The first-order valence-corrected chi connectivity index (χ1v) is 7.86. The van der Waals surface area contributed by atoms with Gasteiger partial charge in [-0.25, -0.2) is 0 Å². The Hall–Kier alpha value is -3.15. The van der Waals surface area contributed by atoms with Crippen molar-refractivity contribution in [1.29, 1.82) is 0 Å². The van der Waals surface area contributed by atoms with E-state index in [1.165, 1.54) is 0 Å². The predicted molar refractivity (Wildman–Crippen MR) is 96.5 cm³/mol. The molecule has 0 saturated carbocycles. The SMILES string of the molecule is CCO/C(C=N[C@@H](Cc1ccc2ccccc2c1)C(N)=O)=C(/O)C=O. The summed E-state index contributed by atoms with van der Waals surface area (Å²) < 4.78 is 5.13. The van der Waals surface area contributed by atoms with Gasteiger partial charge in [0, 0.05) is 6.42 Å². The summed E-state index contributed by atoms with van der Waals surface area (Å²) >= 11 is 0. The van der Waals surface area contributed by atoms with Crippen LogP contribution in [0.5, 0.6) is 0 Å². The fourth-order valence-electron chi connectivity index (χ4n) is 2.36. The minimum atomic E-state index is -0.837. The van der Waals surface area contributed by atoms with Gasteiger partial charge in [-0.3, -0.25) is 14.6 Å². The molecule has 3 N–H and O–H groups in total. The van der Waals surface area contributed by atoms with Gasteiger partial charge in [-0.1, -0.05) is 42.5 Å². The lowest BCUT2D eigenvalue weighted by Crippen LogP contribution is -2.29. The van der Waals surface area contributed by atoms with Gasteiger partial charge in [0.1, 0.15) is 6.04 Å². The number of allylic oxidation sites excluding steroid dienone is 2. The summed E-state index contributed by atoms with van der Waals surface area (Å²) in [7, 11) is 0. The maximum atomic E-state index is 11.7. The Balaban J connectivity index is 2.23. The van der Waals surface area contributed by atoms with E-state index in [4.69, 9.17) is 10.5 Å². The third kappa shape index (κ3) is 4.91. The smallest absolute Gasteiger partial charge is 0.242 e. The Morgan fingerprint density at radius 3 is 2.64 bits per heavy atom. The molecule has 130 valence electrons. The van der Waals surface area contributed by atoms with E-state index in [-0.39, 0.29) is 18.7 Å². The second-order valence-electron chi connectivity index (χ2n) is 5.38. The fraction of sp³-hybridized carbons (Fsp3) is 0.211. The summed E-state index contributed by atoms with van der Waals surface area (Å²) in [6, 6.07) is 12.9. The summed E-state index contributed by atoms with van der Waals surface area (Å²) in [5.74, 6) is -1.28. The first-order chi connectivity index (χ1) is 12.0. The van der Waals surface area contributed by atoms with Crippen LogP contribution in [0.2, 0.25) is 0 Å². The molecule has 1 amide bonds. The first kappa shape index (κ1) is 18.2. The number of hydrogen-bond acceptors (Lipinski definition) is 5. The average molecular weight is 340 g/mol. The van der Waals surface area contributed by atoms with Crippen molar-refractivity contribution >= 4 is 29.2 Å². The Bertz CT molecular complexity index is 827. The molecule has 0 radical (unpaired) electrons. The van der Waals surface area contributed by atoms with Crippen LogP contribution in [0.25, 0.3) is 10.8 Å².